The van der Waals surface area contributed by atoms with Gasteiger partial charge in [0.05, 0.1) is 4.90 Å². The van der Waals surface area contributed by atoms with E-state index in [0.29, 0.717) is 11.3 Å². The van der Waals surface area contributed by atoms with Gasteiger partial charge in [0.2, 0.25) is 10.0 Å². The fourth-order valence-corrected chi connectivity index (χ4v) is 4.78. The van der Waals surface area contributed by atoms with E-state index in [2.05, 4.69) is 4.72 Å². The molecular formula is C19H25NO2S. The van der Waals surface area contributed by atoms with E-state index >= 15 is 0 Å². The van der Waals surface area contributed by atoms with Crippen LogP contribution in [0.4, 0.5) is 0 Å². The quantitative estimate of drug-likeness (QED) is 0.885. The number of aryl methyl sites for hydroxylation is 4. The lowest BCUT2D eigenvalue weighted by atomic mass is 10.0. The summed E-state index contributed by atoms with van der Waals surface area (Å²) in [5.41, 5.74) is 4.80. The van der Waals surface area contributed by atoms with Crippen molar-refractivity contribution >= 4 is 10.0 Å². The van der Waals surface area contributed by atoms with E-state index in [1.165, 1.54) is 0 Å². The number of hydrogen-bond acceptors (Lipinski definition) is 2. The number of hydrogen-bond donors (Lipinski definition) is 1. The standard InChI is InChI=1S/C19H25NO2S/c1-6-18(17-9-7-13(2)8-10-17)20-23(21,22)19-15(4)11-14(3)12-16(19)5/h7-12,18,20H,6H2,1-5H3/t18-/m0/s1. The Morgan fingerprint density at radius 1 is 0.913 bits per heavy atom. The molecule has 2 aromatic carbocycles. The lowest BCUT2D eigenvalue weighted by Gasteiger charge is -2.20. The minimum Gasteiger partial charge on any atom is -0.207 e. The summed E-state index contributed by atoms with van der Waals surface area (Å²) < 4.78 is 28.6. The van der Waals surface area contributed by atoms with Gasteiger partial charge in [-0.05, 0) is 50.8 Å². The van der Waals surface area contributed by atoms with Crippen LogP contribution in [0.25, 0.3) is 0 Å². The molecule has 0 spiro atoms. The monoisotopic (exact) mass is 331 g/mol. The number of nitrogens with one attached hydrogen (secondary N) is 1. The zero-order chi connectivity index (χ0) is 17.2. The Kier molecular flexibility index (Phi) is 5.27. The van der Waals surface area contributed by atoms with E-state index < -0.39 is 10.0 Å². The largest absolute Gasteiger partial charge is 0.241 e. The van der Waals surface area contributed by atoms with Gasteiger partial charge in [0.1, 0.15) is 0 Å². The molecule has 0 saturated heterocycles. The van der Waals surface area contributed by atoms with Crippen LogP contribution in [0.15, 0.2) is 41.3 Å². The second-order valence-corrected chi connectivity index (χ2v) is 7.87. The predicted octanol–water partition coefficient (Wildman–Crippen LogP) is 4.35. The van der Waals surface area contributed by atoms with Crippen molar-refractivity contribution < 1.29 is 8.42 Å². The normalized spacial score (nSPS) is 13.1. The minimum atomic E-state index is -3.56. The van der Waals surface area contributed by atoms with Crippen molar-refractivity contribution in [2.24, 2.45) is 0 Å². The molecule has 1 atom stereocenters. The summed E-state index contributed by atoms with van der Waals surface area (Å²) in [6.45, 7) is 9.68. The van der Waals surface area contributed by atoms with Gasteiger partial charge in [0.25, 0.3) is 0 Å². The summed E-state index contributed by atoms with van der Waals surface area (Å²) in [5.74, 6) is 0. The third-order valence-electron chi connectivity index (χ3n) is 4.06. The average Bonchev–Trinajstić information content (AvgIpc) is 2.44. The summed E-state index contributed by atoms with van der Waals surface area (Å²) in [6, 6.07) is 11.6. The van der Waals surface area contributed by atoms with Crippen LogP contribution in [0.1, 0.15) is 47.2 Å². The number of sulfonamides is 1. The summed E-state index contributed by atoms with van der Waals surface area (Å²) in [5, 5.41) is 0. The molecule has 0 aliphatic heterocycles. The maximum Gasteiger partial charge on any atom is 0.241 e. The molecule has 3 nitrogen and oxygen atoms in total. The molecule has 2 rings (SSSR count). The molecule has 0 amide bonds. The van der Waals surface area contributed by atoms with Crippen LogP contribution < -0.4 is 4.72 Å². The smallest absolute Gasteiger partial charge is 0.207 e. The molecule has 0 unspecified atom stereocenters. The van der Waals surface area contributed by atoms with Crippen LogP contribution >= 0.6 is 0 Å². The molecule has 0 saturated carbocycles. The number of benzene rings is 2. The van der Waals surface area contributed by atoms with E-state index in [1.807, 2.05) is 71.0 Å². The molecule has 0 radical (unpaired) electrons. The van der Waals surface area contributed by atoms with E-state index in [0.717, 1.165) is 27.8 Å². The van der Waals surface area contributed by atoms with Gasteiger partial charge in [-0.3, -0.25) is 0 Å². The molecule has 0 aliphatic rings. The molecule has 0 fully saturated rings. The SMILES string of the molecule is CC[C@H](NS(=O)(=O)c1c(C)cc(C)cc1C)c1ccc(C)cc1. The molecular weight excluding hydrogens is 306 g/mol. The second-order valence-electron chi connectivity index (χ2n) is 6.22. The Morgan fingerprint density at radius 2 is 1.43 bits per heavy atom. The lowest BCUT2D eigenvalue weighted by molar-refractivity contribution is 0.549. The van der Waals surface area contributed by atoms with Crippen molar-refractivity contribution in [1.82, 2.24) is 4.72 Å². The first kappa shape index (κ1) is 17.7. The Balaban J connectivity index is 2.38. The van der Waals surface area contributed by atoms with Crippen molar-refractivity contribution in [2.75, 3.05) is 0 Å². The molecule has 2 aromatic rings. The van der Waals surface area contributed by atoms with E-state index in [-0.39, 0.29) is 6.04 Å². The Labute approximate surface area is 139 Å². The summed E-state index contributed by atoms with van der Waals surface area (Å²) >= 11 is 0. The van der Waals surface area contributed by atoms with Gasteiger partial charge < -0.3 is 0 Å². The molecule has 4 heteroatoms. The molecule has 1 N–H and O–H groups in total. The predicted molar refractivity (Wildman–Crippen MR) is 95.2 cm³/mol. The zero-order valence-electron chi connectivity index (χ0n) is 14.5. The first-order valence-corrected chi connectivity index (χ1v) is 9.39. The van der Waals surface area contributed by atoms with Gasteiger partial charge in [-0.15, -0.1) is 0 Å². The van der Waals surface area contributed by atoms with Crippen LogP contribution in [0.2, 0.25) is 0 Å². The van der Waals surface area contributed by atoms with Crippen LogP contribution in [0.3, 0.4) is 0 Å². The highest BCUT2D eigenvalue weighted by Crippen LogP contribution is 2.25. The fraction of sp³-hybridized carbons (Fsp3) is 0.368. The molecule has 0 aromatic heterocycles. The van der Waals surface area contributed by atoms with Crippen LogP contribution in [-0.4, -0.2) is 8.42 Å². The van der Waals surface area contributed by atoms with Gasteiger partial charge in [-0.1, -0.05) is 54.4 Å². The highest BCUT2D eigenvalue weighted by atomic mass is 32.2. The maximum absolute atomic E-state index is 12.9. The minimum absolute atomic E-state index is 0.222. The summed E-state index contributed by atoms with van der Waals surface area (Å²) in [7, 11) is -3.56. The summed E-state index contributed by atoms with van der Waals surface area (Å²) in [6.07, 6.45) is 0.701. The highest BCUT2D eigenvalue weighted by molar-refractivity contribution is 7.89. The van der Waals surface area contributed by atoms with Gasteiger partial charge >= 0.3 is 0 Å². The van der Waals surface area contributed by atoms with Crippen molar-refractivity contribution in [3.05, 3.63) is 64.2 Å². The van der Waals surface area contributed by atoms with Gasteiger partial charge in [0.15, 0.2) is 0 Å². The Hall–Kier alpha value is -1.65. The number of rotatable bonds is 5. The van der Waals surface area contributed by atoms with Crippen molar-refractivity contribution in [2.45, 2.75) is 52.0 Å². The van der Waals surface area contributed by atoms with Crippen molar-refractivity contribution in [3.63, 3.8) is 0 Å². The van der Waals surface area contributed by atoms with E-state index in [9.17, 15) is 8.42 Å². The maximum atomic E-state index is 12.9. The zero-order valence-corrected chi connectivity index (χ0v) is 15.3. The van der Waals surface area contributed by atoms with Crippen LogP contribution in [-0.2, 0) is 10.0 Å². The molecule has 0 heterocycles. The topological polar surface area (TPSA) is 46.2 Å². The lowest BCUT2D eigenvalue weighted by Crippen LogP contribution is -2.29. The Bertz CT molecular complexity index is 770. The first-order valence-electron chi connectivity index (χ1n) is 7.91. The molecule has 0 bridgehead atoms. The van der Waals surface area contributed by atoms with Gasteiger partial charge in [-0.2, -0.15) is 0 Å². The fourth-order valence-electron chi connectivity index (χ4n) is 3.02. The molecule has 124 valence electrons. The van der Waals surface area contributed by atoms with Crippen molar-refractivity contribution in [1.29, 1.82) is 0 Å². The summed E-state index contributed by atoms with van der Waals surface area (Å²) in [4.78, 5) is 0.397. The van der Waals surface area contributed by atoms with Gasteiger partial charge in [-0.25, -0.2) is 13.1 Å². The van der Waals surface area contributed by atoms with Gasteiger partial charge in [0, 0.05) is 6.04 Å². The van der Waals surface area contributed by atoms with Crippen LogP contribution in [0, 0.1) is 27.7 Å². The third kappa shape index (κ3) is 4.01. The first-order chi connectivity index (χ1) is 10.7. The average molecular weight is 331 g/mol. The highest BCUT2D eigenvalue weighted by Gasteiger charge is 2.23. The van der Waals surface area contributed by atoms with E-state index in [1.54, 1.807) is 0 Å². The third-order valence-corrected chi connectivity index (χ3v) is 5.84. The Morgan fingerprint density at radius 3 is 1.91 bits per heavy atom. The van der Waals surface area contributed by atoms with Crippen LogP contribution in [0.5, 0.6) is 0 Å². The molecule has 23 heavy (non-hydrogen) atoms. The van der Waals surface area contributed by atoms with Crippen molar-refractivity contribution in [3.8, 4) is 0 Å². The molecule has 0 aliphatic carbocycles. The van der Waals surface area contributed by atoms with E-state index in [4.69, 9.17) is 0 Å². The second kappa shape index (κ2) is 6.85.